The first-order valence-corrected chi connectivity index (χ1v) is 8.66. The van der Waals surface area contributed by atoms with Gasteiger partial charge in [0.15, 0.2) is 0 Å². The Hall–Kier alpha value is -1.20. The van der Waals surface area contributed by atoms with E-state index in [1.165, 1.54) is 12.0 Å². The van der Waals surface area contributed by atoms with Gasteiger partial charge in [-0.05, 0) is 59.5 Å². The van der Waals surface area contributed by atoms with Crippen LogP contribution in [0.2, 0.25) is 0 Å². The van der Waals surface area contributed by atoms with Gasteiger partial charge in [-0.15, -0.1) is 0 Å². The lowest BCUT2D eigenvalue weighted by atomic mass is 9.77. The lowest BCUT2D eigenvalue weighted by molar-refractivity contribution is -0.0209. The lowest BCUT2D eigenvalue weighted by Crippen LogP contribution is -2.47. The van der Waals surface area contributed by atoms with Crippen molar-refractivity contribution in [3.8, 4) is 0 Å². The van der Waals surface area contributed by atoms with Crippen molar-refractivity contribution in [2.24, 2.45) is 11.8 Å². The van der Waals surface area contributed by atoms with Crippen LogP contribution in [-0.2, 0) is 4.74 Å². The molecular weight excluding hydrogens is 288 g/mol. The average molecular weight is 318 g/mol. The summed E-state index contributed by atoms with van der Waals surface area (Å²) in [6.07, 6.45) is 2.72. The maximum Gasteiger partial charge on any atom is 0.135 e. The number of nitrogens with zero attached hydrogens (tertiary/aromatic N) is 4. The van der Waals surface area contributed by atoms with Crippen molar-refractivity contribution >= 4 is 5.82 Å². The van der Waals surface area contributed by atoms with Crippen molar-refractivity contribution < 1.29 is 4.74 Å². The second-order valence-electron chi connectivity index (χ2n) is 7.51. The molecular formula is C18H30N4O. The standard InChI is InChI=1S/C18H30N4O/c1-11-12(2)19-13(3)20-18(11)22-9-14-7-16(21(4)5)17(23-6)8-15(14)10-22/h14-17H,7-10H2,1-6H3/t14-,15+,16-,17-/m1/s1. The molecule has 1 aromatic rings. The maximum absolute atomic E-state index is 5.79. The predicted molar refractivity (Wildman–Crippen MR) is 92.9 cm³/mol. The second kappa shape index (κ2) is 6.36. The molecule has 128 valence electrons. The Labute approximate surface area is 140 Å². The molecule has 1 aliphatic heterocycles. The molecule has 2 heterocycles. The minimum atomic E-state index is 0.348. The quantitative estimate of drug-likeness (QED) is 0.854. The van der Waals surface area contributed by atoms with Gasteiger partial charge in [-0.3, -0.25) is 0 Å². The van der Waals surface area contributed by atoms with Crippen molar-refractivity contribution in [3.05, 3.63) is 17.1 Å². The van der Waals surface area contributed by atoms with Gasteiger partial charge >= 0.3 is 0 Å². The van der Waals surface area contributed by atoms with E-state index in [2.05, 4.69) is 42.7 Å². The molecule has 4 atom stereocenters. The van der Waals surface area contributed by atoms with E-state index >= 15 is 0 Å². The van der Waals surface area contributed by atoms with E-state index in [4.69, 9.17) is 9.72 Å². The zero-order valence-electron chi connectivity index (χ0n) is 15.3. The zero-order valence-corrected chi connectivity index (χ0v) is 15.3. The summed E-state index contributed by atoms with van der Waals surface area (Å²) in [6.45, 7) is 8.43. The highest BCUT2D eigenvalue weighted by Gasteiger charge is 2.43. The highest BCUT2D eigenvalue weighted by atomic mass is 16.5. The lowest BCUT2D eigenvalue weighted by Gasteiger charge is -2.40. The van der Waals surface area contributed by atoms with Crippen LogP contribution in [-0.4, -0.2) is 61.3 Å². The van der Waals surface area contributed by atoms with Crippen molar-refractivity contribution in [3.63, 3.8) is 0 Å². The number of aryl methyl sites for hydroxylation is 2. The van der Waals surface area contributed by atoms with Crippen molar-refractivity contribution in [1.82, 2.24) is 14.9 Å². The molecule has 1 saturated carbocycles. The molecule has 0 spiro atoms. The first kappa shape index (κ1) is 16.7. The number of hydrogen-bond donors (Lipinski definition) is 0. The Bertz CT molecular complexity index is 574. The molecule has 0 amide bonds. The van der Waals surface area contributed by atoms with Gasteiger partial charge in [0, 0.05) is 37.5 Å². The Kier molecular flexibility index (Phi) is 4.61. The summed E-state index contributed by atoms with van der Waals surface area (Å²) in [5, 5.41) is 0. The van der Waals surface area contributed by atoms with Crippen molar-refractivity contribution in [1.29, 1.82) is 0 Å². The largest absolute Gasteiger partial charge is 0.380 e. The summed E-state index contributed by atoms with van der Waals surface area (Å²) in [7, 11) is 6.20. The number of ether oxygens (including phenoxy) is 1. The van der Waals surface area contributed by atoms with Crippen LogP contribution in [0, 0.1) is 32.6 Å². The van der Waals surface area contributed by atoms with Crippen LogP contribution in [0.1, 0.15) is 29.9 Å². The number of likely N-dealkylation sites (N-methyl/N-ethyl adjacent to an activating group) is 1. The van der Waals surface area contributed by atoms with Gasteiger partial charge in [0.25, 0.3) is 0 Å². The van der Waals surface area contributed by atoms with Gasteiger partial charge in [-0.1, -0.05) is 0 Å². The fraction of sp³-hybridized carbons (Fsp3) is 0.778. The third-order valence-electron chi connectivity index (χ3n) is 5.83. The van der Waals surface area contributed by atoms with Gasteiger partial charge in [0.2, 0.25) is 0 Å². The van der Waals surface area contributed by atoms with Gasteiger partial charge in [0.05, 0.1) is 6.10 Å². The number of aromatic nitrogens is 2. The van der Waals surface area contributed by atoms with Crippen LogP contribution >= 0.6 is 0 Å². The van der Waals surface area contributed by atoms with Gasteiger partial charge in [0.1, 0.15) is 11.6 Å². The third-order valence-corrected chi connectivity index (χ3v) is 5.83. The van der Waals surface area contributed by atoms with Crippen LogP contribution in [0.5, 0.6) is 0 Å². The van der Waals surface area contributed by atoms with Gasteiger partial charge in [-0.2, -0.15) is 0 Å². The van der Waals surface area contributed by atoms with E-state index in [9.17, 15) is 0 Å². The van der Waals surface area contributed by atoms with E-state index in [1.54, 1.807) is 0 Å². The summed E-state index contributed by atoms with van der Waals surface area (Å²) < 4.78 is 5.79. The highest BCUT2D eigenvalue weighted by Crippen LogP contribution is 2.40. The molecule has 3 rings (SSSR count). The number of methoxy groups -OCH3 is 1. The topological polar surface area (TPSA) is 41.5 Å². The molecule has 1 aromatic heterocycles. The van der Waals surface area contributed by atoms with Crippen molar-refractivity contribution in [2.75, 3.05) is 39.2 Å². The Balaban J connectivity index is 1.81. The molecule has 0 unspecified atom stereocenters. The molecule has 5 nitrogen and oxygen atoms in total. The maximum atomic E-state index is 5.79. The minimum absolute atomic E-state index is 0.348. The second-order valence-corrected chi connectivity index (χ2v) is 7.51. The smallest absolute Gasteiger partial charge is 0.135 e. The molecule has 0 N–H and O–H groups in total. The minimum Gasteiger partial charge on any atom is -0.380 e. The number of anilines is 1. The first-order chi connectivity index (χ1) is 10.9. The molecule has 2 aliphatic rings. The summed E-state index contributed by atoms with van der Waals surface area (Å²) in [5.74, 6) is 3.47. The van der Waals surface area contributed by atoms with Gasteiger partial charge in [-0.25, -0.2) is 9.97 Å². The average Bonchev–Trinajstić information content (AvgIpc) is 2.91. The van der Waals surface area contributed by atoms with Crippen molar-refractivity contribution in [2.45, 2.75) is 45.8 Å². The predicted octanol–water partition coefficient (Wildman–Crippen LogP) is 2.19. The van der Waals surface area contributed by atoms with E-state index < -0.39 is 0 Å². The summed E-state index contributed by atoms with van der Waals surface area (Å²) in [4.78, 5) is 14.0. The molecule has 0 radical (unpaired) electrons. The van der Waals surface area contributed by atoms with E-state index in [0.29, 0.717) is 18.1 Å². The number of rotatable bonds is 3. The fourth-order valence-corrected chi connectivity index (χ4v) is 4.42. The monoisotopic (exact) mass is 318 g/mol. The molecule has 5 heteroatoms. The van der Waals surface area contributed by atoms with Gasteiger partial charge < -0.3 is 14.5 Å². The van der Waals surface area contributed by atoms with Crippen LogP contribution in [0.4, 0.5) is 5.82 Å². The molecule has 0 aromatic carbocycles. The fourth-order valence-electron chi connectivity index (χ4n) is 4.42. The van der Waals surface area contributed by atoms with Crippen LogP contribution < -0.4 is 4.90 Å². The summed E-state index contributed by atoms with van der Waals surface area (Å²) >= 11 is 0. The summed E-state index contributed by atoms with van der Waals surface area (Å²) in [6, 6.07) is 0.524. The SMILES string of the molecule is CO[C@@H]1C[C@H]2CN(c3nc(C)nc(C)c3C)C[C@H]2C[C@H]1N(C)C. The summed E-state index contributed by atoms with van der Waals surface area (Å²) in [5.41, 5.74) is 2.32. The number of fused-ring (bicyclic) bond motifs is 1. The number of hydrogen-bond acceptors (Lipinski definition) is 5. The molecule has 23 heavy (non-hydrogen) atoms. The van der Waals surface area contributed by atoms with Crippen LogP contribution in [0.25, 0.3) is 0 Å². The van der Waals surface area contributed by atoms with E-state index in [-0.39, 0.29) is 0 Å². The Morgan fingerprint density at radius 3 is 2.30 bits per heavy atom. The Morgan fingerprint density at radius 1 is 1.04 bits per heavy atom. The molecule has 1 saturated heterocycles. The first-order valence-electron chi connectivity index (χ1n) is 8.66. The molecule has 0 bridgehead atoms. The van der Waals surface area contributed by atoms with Crippen LogP contribution in [0.15, 0.2) is 0 Å². The molecule has 2 fully saturated rings. The van der Waals surface area contributed by atoms with E-state index in [0.717, 1.165) is 42.8 Å². The zero-order chi connectivity index (χ0) is 16.7. The third kappa shape index (κ3) is 3.09. The Morgan fingerprint density at radius 2 is 1.70 bits per heavy atom. The normalized spacial score (nSPS) is 30.8. The van der Waals surface area contributed by atoms with E-state index in [1.807, 2.05) is 14.0 Å². The highest BCUT2D eigenvalue weighted by molar-refractivity contribution is 5.49. The molecule has 1 aliphatic carbocycles. The van der Waals surface area contributed by atoms with Crippen LogP contribution in [0.3, 0.4) is 0 Å².